The summed E-state index contributed by atoms with van der Waals surface area (Å²) in [5, 5.41) is 11.9. The third-order valence-electron chi connectivity index (χ3n) is 3.30. The summed E-state index contributed by atoms with van der Waals surface area (Å²) in [4.78, 5) is 16.5. The molecule has 0 saturated carbocycles. The van der Waals surface area contributed by atoms with Crippen molar-refractivity contribution in [3.63, 3.8) is 0 Å². The van der Waals surface area contributed by atoms with Crippen LogP contribution in [0.15, 0.2) is 35.8 Å². The number of anilines is 1. The summed E-state index contributed by atoms with van der Waals surface area (Å²) in [6, 6.07) is 7.30. The van der Waals surface area contributed by atoms with Gasteiger partial charge in [-0.25, -0.2) is 4.98 Å². The maximum Gasteiger partial charge on any atom is 0.231 e. The number of hydrogen-bond donors (Lipinski definition) is 2. The summed E-state index contributed by atoms with van der Waals surface area (Å²) >= 11 is 1.48. The van der Waals surface area contributed by atoms with Gasteiger partial charge in [-0.3, -0.25) is 9.89 Å². The molecule has 2 heterocycles. The number of thiazole rings is 1. The molecule has 2 aromatic heterocycles. The van der Waals surface area contributed by atoms with Crippen LogP contribution in [0.1, 0.15) is 5.69 Å². The van der Waals surface area contributed by atoms with Gasteiger partial charge in [0.1, 0.15) is 10.8 Å². The Bertz CT molecular complexity index is 830. The molecule has 0 spiro atoms. The molecule has 0 radical (unpaired) electrons. The molecule has 3 aromatic rings. The van der Waals surface area contributed by atoms with Crippen LogP contribution < -0.4 is 14.8 Å². The Morgan fingerprint density at radius 1 is 1.25 bits per heavy atom. The van der Waals surface area contributed by atoms with Gasteiger partial charge in [0.05, 0.1) is 32.5 Å². The van der Waals surface area contributed by atoms with E-state index in [4.69, 9.17) is 9.47 Å². The number of nitrogens with one attached hydrogen (secondary N) is 2. The Balaban J connectivity index is 1.72. The van der Waals surface area contributed by atoms with Crippen LogP contribution in [0.4, 0.5) is 5.82 Å². The number of benzene rings is 1. The molecule has 0 aliphatic carbocycles. The quantitative estimate of drug-likeness (QED) is 0.718. The molecule has 0 unspecified atom stereocenters. The van der Waals surface area contributed by atoms with Crippen LogP contribution in [-0.4, -0.2) is 35.3 Å². The Morgan fingerprint density at radius 3 is 2.79 bits per heavy atom. The van der Waals surface area contributed by atoms with Gasteiger partial charge in [-0.2, -0.15) is 5.10 Å². The van der Waals surface area contributed by atoms with Crippen LogP contribution in [0, 0.1) is 0 Å². The topological polar surface area (TPSA) is 89.1 Å². The van der Waals surface area contributed by atoms with E-state index in [1.807, 2.05) is 23.6 Å². The van der Waals surface area contributed by atoms with Gasteiger partial charge in [-0.15, -0.1) is 11.3 Å². The van der Waals surface area contributed by atoms with Gasteiger partial charge in [0, 0.05) is 17.0 Å². The van der Waals surface area contributed by atoms with Crippen LogP contribution in [0.25, 0.3) is 10.6 Å². The van der Waals surface area contributed by atoms with Crippen LogP contribution in [0.5, 0.6) is 11.5 Å². The van der Waals surface area contributed by atoms with Crippen LogP contribution in [0.3, 0.4) is 0 Å². The molecule has 0 bridgehead atoms. The first-order valence-corrected chi connectivity index (χ1v) is 8.03. The SMILES string of the molecule is COc1ccc(-c2nc(CC(=O)Nc3ccn[nH]3)cs2)cc1OC. The second-order valence-corrected chi connectivity index (χ2v) is 5.77. The number of nitrogens with zero attached hydrogens (tertiary/aromatic N) is 2. The van der Waals surface area contributed by atoms with E-state index < -0.39 is 0 Å². The van der Waals surface area contributed by atoms with Gasteiger partial charge in [0.2, 0.25) is 5.91 Å². The second kappa shape index (κ2) is 7.14. The standard InChI is InChI=1S/C16H16N4O3S/c1-22-12-4-3-10(7-13(12)23-2)16-18-11(9-24-16)8-15(21)19-14-5-6-17-20-14/h3-7,9H,8H2,1-2H3,(H2,17,19,20,21). The first-order valence-electron chi connectivity index (χ1n) is 7.15. The van der Waals surface area contributed by atoms with Crippen molar-refractivity contribution in [2.75, 3.05) is 19.5 Å². The van der Waals surface area contributed by atoms with E-state index in [9.17, 15) is 4.79 Å². The highest BCUT2D eigenvalue weighted by Crippen LogP contribution is 2.33. The van der Waals surface area contributed by atoms with E-state index in [-0.39, 0.29) is 12.3 Å². The lowest BCUT2D eigenvalue weighted by atomic mass is 10.2. The molecule has 0 atom stereocenters. The fourth-order valence-corrected chi connectivity index (χ4v) is 2.99. The molecule has 0 saturated heterocycles. The third kappa shape index (κ3) is 3.54. The molecule has 0 fully saturated rings. The minimum absolute atomic E-state index is 0.150. The van der Waals surface area contributed by atoms with Gasteiger partial charge >= 0.3 is 0 Å². The summed E-state index contributed by atoms with van der Waals surface area (Å²) in [6.45, 7) is 0. The van der Waals surface area contributed by atoms with Gasteiger partial charge in [-0.1, -0.05) is 0 Å². The minimum atomic E-state index is -0.150. The molecular formula is C16H16N4O3S. The van der Waals surface area contributed by atoms with Crippen molar-refractivity contribution >= 4 is 23.1 Å². The number of aromatic amines is 1. The molecule has 124 valence electrons. The number of H-pyrrole nitrogens is 1. The normalized spacial score (nSPS) is 10.4. The predicted octanol–water partition coefficient (Wildman–Crippen LogP) is 2.73. The van der Waals surface area contributed by atoms with Crippen molar-refractivity contribution in [2.24, 2.45) is 0 Å². The highest BCUT2D eigenvalue weighted by atomic mass is 32.1. The van der Waals surface area contributed by atoms with E-state index in [1.54, 1.807) is 26.5 Å². The van der Waals surface area contributed by atoms with E-state index in [1.165, 1.54) is 11.3 Å². The molecule has 3 rings (SSSR count). The van der Waals surface area contributed by atoms with E-state index in [0.717, 1.165) is 10.6 Å². The Labute approximate surface area is 142 Å². The number of aromatic nitrogens is 3. The van der Waals surface area contributed by atoms with Crippen LogP contribution >= 0.6 is 11.3 Å². The summed E-state index contributed by atoms with van der Waals surface area (Å²) in [5.74, 6) is 1.72. The molecule has 7 nitrogen and oxygen atoms in total. The lowest BCUT2D eigenvalue weighted by Crippen LogP contribution is -2.14. The predicted molar refractivity (Wildman–Crippen MR) is 91.6 cm³/mol. The average Bonchev–Trinajstić information content (AvgIpc) is 3.26. The zero-order valence-electron chi connectivity index (χ0n) is 13.2. The van der Waals surface area contributed by atoms with E-state index in [0.29, 0.717) is 23.0 Å². The fourth-order valence-electron chi connectivity index (χ4n) is 2.17. The zero-order valence-corrected chi connectivity index (χ0v) is 14.0. The van der Waals surface area contributed by atoms with E-state index >= 15 is 0 Å². The Morgan fingerprint density at radius 2 is 2.08 bits per heavy atom. The molecule has 1 aromatic carbocycles. The average molecular weight is 344 g/mol. The molecule has 1 amide bonds. The highest BCUT2D eigenvalue weighted by Gasteiger charge is 2.12. The molecule has 24 heavy (non-hydrogen) atoms. The summed E-state index contributed by atoms with van der Waals surface area (Å²) in [5.41, 5.74) is 1.62. The van der Waals surface area contributed by atoms with Crippen molar-refractivity contribution < 1.29 is 14.3 Å². The van der Waals surface area contributed by atoms with Crippen molar-refractivity contribution in [1.29, 1.82) is 0 Å². The Kier molecular flexibility index (Phi) is 4.76. The summed E-state index contributed by atoms with van der Waals surface area (Å²) in [6.07, 6.45) is 1.77. The monoisotopic (exact) mass is 344 g/mol. The third-order valence-corrected chi connectivity index (χ3v) is 4.24. The number of hydrogen-bond acceptors (Lipinski definition) is 6. The molecule has 0 aliphatic heterocycles. The first kappa shape index (κ1) is 16.0. The number of carbonyl (C=O) groups excluding carboxylic acids is 1. The van der Waals surface area contributed by atoms with Gasteiger partial charge in [-0.05, 0) is 18.2 Å². The van der Waals surface area contributed by atoms with Gasteiger partial charge in [0.15, 0.2) is 11.5 Å². The number of rotatable bonds is 6. The molecular weight excluding hydrogens is 328 g/mol. The van der Waals surface area contributed by atoms with Crippen molar-refractivity contribution in [2.45, 2.75) is 6.42 Å². The van der Waals surface area contributed by atoms with Gasteiger partial charge in [0.25, 0.3) is 0 Å². The van der Waals surface area contributed by atoms with Crippen LogP contribution in [0.2, 0.25) is 0 Å². The molecule has 2 N–H and O–H groups in total. The first-order chi connectivity index (χ1) is 11.7. The maximum absolute atomic E-state index is 12.0. The lowest BCUT2D eigenvalue weighted by Gasteiger charge is -2.08. The van der Waals surface area contributed by atoms with Crippen LogP contribution in [-0.2, 0) is 11.2 Å². The minimum Gasteiger partial charge on any atom is -0.493 e. The maximum atomic E-state index is 12.0. The lowest BCUT2D eigenvalue weighted by molar-refractivity contribution is -0.115. The van der Waals surface area contributed by atoms with E-state index in [2.05, 4.69) is 20.5 Å². The van der Waals surface area contributed by atoms with Crippen molar-refractivity contribution in [1.82, 2.24) is 15.2 Å². The second-order valence-electron chi connectivity index (χ2n) is 4.91. The van der Waals surface area contributed by atoms with Crippen molar-refractivity contribution in [3.05, 3.63) is 41.5 Å². The summed E-state index contributed by atoms with van der Waals surface area (Å²) in [7, 11) is 3.19. The Hall–Kier alpha value is -2.87. The number of methoxy groups -OCH3 is 2. The number of carbonyl (C=O) groups is 1. The highest BCUT2D eigenvalue weighted by molar-refractivity contribution is 7.13. The van der Waals surface area contributed by atoms with Crippen molar-refractivity contribution in [3.8, 4) is 22.1 Å². The molecule has 8 heteroatoms. The zero-order chi connectivity index (χ0) is 16.9. The smallest absolute Gasteiger partial charge is 0.231 e. The summed E-state index contributed by atoms with van der Waals surface area (Å²) < 4.78 is 10.5. The molecule has 0 aliphatic rings. The largest absolute Gasteiger partial charge is 0.493 e. The fraction of sp³-hybridized carbons (Fsp3) is 0.188. The number of amides is 1. The number of ether oxygens (including phenoxy) is 2. The van der Waals surface area contributed by atoms with Gasteiger partial charge < -0.3 is 14.8 Å².